The summed E-state index contributed by atoms with van der Waals surface area (Å²) in [5.41, 5.74) is 4.07. The van der Waals surface area contributed by atoms with Crippen molar-refractivity contribution in [2.75, 3.05) is 0 Å². The number of hydrogen-bond acceptors (Lipinski definition) is 4. The number of allylic oxidation sites excluding steroid dienone is 4. The highest BCUT2D eigenvalue weighted by Crippen LogP contribution is 1.71. The van der Waals surface area contributed by atoms with Crippen LogP contribution in [0, 0.1) is 0 Å². The van der Waals surface area contributed by atoms with Crippen LogP contribution in [0.3, 0.4) is 0 Å². The van der Waals surface area contributed by atoms with Gasteiger partial charge in [-0.05, 0) is 26.0 Å². The minimum atomic E-state index is -0.876. The average molecular weight is 222 g/mol. The molecule has 0 aliphatic heterocycles. The van der Waals surface area contributed by atoms with E-state index in [0.29, 0.717) is 0 Å². The Labute approximate surface area is 93.8 Å². The molecule has 0 fully saturated rings. The zero-order valence-electron chi connectivity index (χ0n) is 9.18. The van der Waals surface area contributed by atoms with Gasteiger partial charge in [0.1, 0.15) is 0 Å². The highest BCUT2D eigenvalue weighted by Gasteiger charge is 2.10. The summed E-state index contributed by atoms with van der Waals surface area (Å²) >= 11 is 0. The van der Waals surface area contributed by atoms with Crippen LogP contribution < -0.4 is 10.9 Å². The number of hydrazone groups is 2. The first-order valence-electron chi connectivity index (χ1n) is 4.61. The molecule has 16 heavy (non-hydrogen) atoms. The van der Waals surface area contributed by atoms with Crippen molar-refractivity contribution in [3.63, 3.8) is 0 Å². The van der Waals surface area contributed by atoms with Gasteiger partial charge in [-0.3, -0.25) is 9.59 Å². The lowest BCUT2D eigenvalue weighted by atomic mass is 10.6. The molecule has 0 bridgehead atoms. The maximum atomic E-state index is 11.0. The van der Waals surface area contributed by atoms with Crippen LogP contribution in [-0.2, 0) is 9.59 Å². The third kappa shape index (κ3) is 7.19. The molecule has 6 nitrogen and oxygen atoms in total. The minimum Gasteiger partial charge on any atom is -0.262 e. The number of rotatable bonds is 4. The van der Waals surface area contributed by atoms with Gasteiger partial charge in [-0.2, -0.15) is 10.2 Å². The van der Waals surface area contributed by atoms with Crippen LogP contribution >= 0.6 is 0 Å². The zero-order valence-corrected chi connectivity index (χ0v) is 9.18. The van der Waals surface area contributed by atoms with E-state index in [0.717, 1.165) is 0 Å². The minimum absolute atomic E-state index is 0.876. The summed E-state index contributed by atoms with van der Waals surface area (Å²) in [6.07, 6.45) is 9.40. The maximum absolute atomic E-state index is 11.0. The largest absolute Gasteiger partial charge is 0.331 e. The molecule has 0 aromatic carbocycles. The normalized spacial score (nSPS) is 11.9. The number of nitrogens with zero attached hydrogens (tertiary/aromatic N) is 2. The Hall–Kier alpha value is -2.24. The summed E-state index contributed by atoms with van der Waals surface area (Å²) in [5, 5.41) is 6.98. The van der Waals surface area contributed by atoms with Crippen molar-refractivity contribution in [1.82, 2.24) is 10.9 Å². The van der Waals surface area contributed by atoms with E-state index in [2.05, 4.69) is 10.2 Å². The highest BCUT2D eigenvalue weighted by atomic mass is 16.2. The van der Waals surface area contributed by atoms with E-state index in [9.17, 15) is 9.59 Å². The molecule has 0 aliphatic carbocycles. The molecule has 0 saturated heterocycles. The average Bonchev–Trinajstić information content (AvgIpc) is 2.29. The number of carbonyl (C=O) groups excluding carboxylic acids is 2. The van der Waals surface area contributed by atoms with Crippen molar-refractivity contribution >= 4 is 24.2 Å². The topological polar surface area (TPSA) is 82.9 Å². The fraction of sp³-hybridized carbons (Fsp3) is 0.200. The van der Waals surface area contributed by atoms with Gasteiger partial charge in [0.15, 0.2) is 0 Å². The molecule has 0 spiro atoms. The van der Waals surface area contributed by atoms with Crippen molar-refractivity contribution < 1.29 is 9.59 Å². The van der Waals surface area contributed by atoms with Crippen molar-refractivity contribution in [2.45, 2.75) is 13.8 Å². The van der Waals surface area contributed by atoms with Crippen molar-refractivity contribution in [1.29, 1.82) is 0 Å². The third-order valence-electron chi connectivity index (χ3n) is 1.24. The van der Waals surface area contributed by atoms with E-state index in [1.54, 1.807) is 38.2 Å². The summed E-state index contributed by atoms with van der Waals surface area (Å²) < 4.78 is 0. The van der Waals surface area contributed by atoms with Gasteiger partial charge in [0.2, 0.25) is 0 Å². The van der Waals surface area contributed by atoms with E-state index < -0.39 is 11.8 Å². The quantitative estimate of drug-likeness (QED) is 0.408. The molecule has 2 N–H and O–H groups in total. The molecule has 6 heteroatoms. The van der Waals surface area contributed by atoms with Crippen LogP contribution in [0.15, 0.2) is 34.5 Å². The van der Waals surface area contributed by atoms with E-state index in [-0.39, 0.29) is 0 Å². The summed E-state index contributed by atoms with van der Waals surface area (Å²) in [4.78, 5) is 22.0. The fourth-order valence-electron chi connectivity index (χ4n) is 0.552. The van der Waals surface area contributed by atoms with Crippen LogP contribution in [0.25, 0.3) is 0 Å². The van der Waals surface area contributed by atoms with E-state index >= 15 is 0 Å². The molecule has 0 atom stereocenters. The summed E-state index contributed by atoms with van der Waals surface area (Å²) in [6.45, 7) is 3.60. The van der Waals surface area contributed by atoms with Gasteiger partial charge < -0.3 is 0 Å². The van der Waals surface area contributed by atoms with Crippen LogP contribution in [-0.4, -0.2) is 24.2 Å². The SMILES string of the molecule is C/C=C/C=N/NC(=O)C(=O)N/N=C/C=C/C. The fourth-order valence-corrected chi connectivity index (χ4v) is 0.552. The van der Waals surface area contributed by atoms with E-state index in [1.807, 2.05) is 10.9 Å². The molecule has 0 rings (SSSR count). The van der Waals surface area contributed by atoms with Crippen molar-refractivity contribution in [3.8, 4) is 0 Å². The zero-order chi connectivity index (χ0) is 12.2. The molecule has 0 aromatic rings. The van der Waals surface area contributed by atoms with Gasteiger partial charge in [-0.15, -0.1) is 0 Å². The first kappa shape index (κ1) is 13.8. The molecule has 2 amide bonds. The van der Waals surface area contributed by atoms with Crippen molar-refractivity contribution in [2.24, 2.45) is 10.2 Å². The van der Waals surface area contributed by atoms with Crippen LogP contribution in [0.2, 0.25) is 0 Å². The Morgan fingerprint density at radius 2 is 1.25 bits per heavy atom. The first-order valence-corrected chi connectivity index (χ1v) is 4.61. The monoisotopic (exact) mass is 222 g/mol. The highest BCUT2D eigenvalue weighted by molar-refractivity contribution is 6.35. The van der Waals surface area contributed by atoms with Crippen molar-refractivity contribution in [3.05, 3.63) is 24.3 Å². The second-order valence-corrected chi connectivity index (χ2v) is 2.49. The molecule has 0 aliphatic rings. The molecular weight excluding hydrogens is 208 g/mol. The molecule has 0 saturated carbocycles. The van der Waals surface area contributed by atoms with E-state index in [1.165, 1.54) is 12.4 Å². The van der Waals surface area contributed by atoms with Crippen LogP contribution in [0.5, 0.6) is 0 Å². The second-order valence-electron chi connectivity index (χ2n) is 2.49. The Morgan fingerprint density at radius 3 is 1.56 bits per heavy atom. The molecular formula is C10H14N4O2. The van der Waals surface area contributed by atoms with Gasteiger partial charge >= 0.3 is 11.8 Å². The molecule has 0 heterocycles. The van der Waals surface area contributed by atoms with Crippen LogP contribution in [0.1, 0.15) is 13.8 Å². The Bertz CT molecular complexity index is 309. The number of nitrogens with one attached hydrogen (secondary N) is 2. The van der Waals surface area contributed by atoms with Gasteiger partial charge in [0, 0.05) is 12.4 Å². The first-order chi connectivity index (χ1) is 7.72. The smallest absolute Gasteiger partial charge is 0.262 e. The lowest BCUT2D eigenvalue weighted by molar-refractivity contribution is -0.139. The number of amides is 2. The van der Waals surface area contributed by atoms with Gasteiger partial charge in [0.25, 0.3) is 0 Å². The molecule has 0 unspecified atom stereocenters. The van der Waals surface area contributed by atoms with Crippen LogP contribution in [0.4, 0.5) is 0 Å². The van der Waals surface area contributed by atoms with Gasteiger partial charge in [0.05, 0.1) is 0 Å². The Balaban J connectivity index is 3.95. The molecule has 86 valence electrons. The summed E-state index contributed by atoms with van der Waals surface area (Å²) in [6, 6.07) is 0. The number of hydrogen-bond donors (Lipinski definition) is 2. The third-order valence-corrected chi connectivity index (χ3v) is 1.24. The standard InChI is InChI=1S/C10H14N4O2/c1-3-5-7-11-13-9(15)10(16)14-12-8-6-4-2/h3-8H,1-2H3,(H,13,15)(H,14,16)/b5-3+,6-4+,11-7+,12-8+. The van der Waals surface area contributed by atoms with Gasteiger partial charge in [-0.25, -0.2) is 10.9 Å². The number of carbonyl (C=O) groups is 2. The van der Waals surface area contributed by atoms with Gasteiger partial charge in [-0.1, -0.05) is 12.2 Å². The lowest BCUT2D eigenvalue weighted by Gasteiger charge is -1.96. The predicted molar refractivity (Wildman–Crippen MR) is 62.9 cm³/mol. The maximum Gasteiger partial charge on any atom is 0.331 e. The Morgan fingerprint density at radius 1 is 0.875 bits per heavy atom. The summed E-state index contributed by atoms with van der Waals surface area (Å²) in [5.74, 6) is -1.75. The Kier molecular flexibility index (Phi) is 8.02. The lowest BCUT2D eigenvalue weighted by Crippen LogP contribution is -2.35. The van der Waals surface area contributed by atoms with E-state index in [4.69, 9.17) is 0 Å². The molecule has 0 radical (unpaired) electrons. The predicted octanol–water partition coefficient (Wildman–Crippen LogP) is 0.343. The molecule has 0 aromatic heterocycles. The summed E-state index contributed by atoms with van der Waals surface area (Å²) in [7, 11) is 0. The second kappa shape index (κ2) is 9.32.